The molecule has 2 aliphatic rings. The fourth-order valence-electron chi connectivity index (χ4n) is 5.01. The fourth-order valence-corrected chi connectivity index (χ4v) is 7.95. The van der Waals surface area contributed by atoms with Crippen molar-refractivity contribution in [3.05, 3.63) is 42.0 Å². The van der Waals surface area contributed by atoms with Gasteiger partial charge in [0.05, 0.1) is 21.3 Å². The largest absolute Gasteiger partial charge is 0.317 e. The van der Waals surface area contributed by atoms with Crippen molar-refractivity contribution in [1.82, 2.24) is 31.3 Å². The van der Waals surface area contributed by atoms with E-state index >= 15 is 0 Å². The third kappa shape index (κ3) is 5.07. The summed E-state index contributed by atoms with van der Waals surface area (Å²) in [7, 11) is -5.83. The molecule has 3 heterocycles. The minimum atomic E-state index is -4.27. The van der Waals surface area contributed by atoms with E-state index in [9.17, 15) is 12.6 Å². The molecule has 0 bridgehead atoms. The molecule has 0 amide bonds. The van der Waals surface area contributed by atoms with Gasteiger partial charge in [-0.25, -0.2) is 13.6 Å². The van der Waals surface area contributed by atoms with Crippen molar-refractivity contribution in [2.75, 3.05) is 26.2 Å². The molecule has 10 nitrogen and oxygen atoms in total. The summed E-state index contributed by atoms with van der Waals surface area (Å²) in [6.07, 6.45) is 3.54. The number of primary sulfonamides is 1. The Morgan fingerprint density at radius 2 is 1.57 bits per heavy atom. The van der Waals surface area contributed by atoms with Crippen molar-refractivity contribution in [3.8, 4) is 22.5 Å². The van der Waals surface area contributed by atoms with Gasteiger partial charge in [-0.2, -0.15) is 5.21 Å². The molecule has 0 aliphatic carbocycles. The molecule has 2 aliphatic heterocycles. The lowest BCUT2D eigenvalue weighted by Crippen LogP contribution is -2.34. The van der Waals surface area contributed by atoms with Crippen LogP contribution in [0.15, 0.2) is 46.2 Å². The van der Waals surface area contributed by atoms with E-state index in [1.807, 2.05) is 12.1 Å². The number of nitrogens with one attached hydrogen (secondary N) is 3. The molecule has 2 aromatic carbocycles. The third-order valence-electron chi connectivity index (χ3n) is 6.81. The zero-order chi connectivity index (χ0) is 24.4. The Kier molecular flexibility index (Phi) is 7.07. The van der Waals surface area contributed by atoms with Crippen LogP contribution in [-0.4, -0.2) is 64.7 Å². The van der Waals surface area contributed by atoms with Crippen LogP contribution in [0.3, 0.4) is 0 Å². The highest BCUT2D eigenvalue weighted by atomic mass is 32.2. The molecule has 2 saturated heterocycles. The Morgan fingerprint density at radius 3 is 2.17 bits per heavy atom. The number of rotatable bonds is 6. The zero-order valence-corrected chi connectivity index (χ0v) is 20.9. The Balaban J connectivity index is 1.64. The summed E-state index contributed by atoms with van der Waals surface area (Å²) in [5.41, 5.74) is 2.87. The van der Waals surface area contributed by atoms with Gasteiger partial charge in [0.15, 0.2) is 0 Å². The predicted molar refractivity (Wildman–Crippen MR) is 134 cm³/mol. The maximum absolute atomic E-state index is 13.6. The highest BCUT2D eigenvalue weighted by molar-refractivity contribution is 7.91. The summed E-state index contributed by atoms with van der Waals surface area (Å²) < 4.78 is 39.4. The molecule has 35 heavy (non-hydrogen) atoms. The van der Waals surface area contributed by atoms with E-state index in [1.165, 1.54) is 5.56 Å². The van der Waals surface area contributed by atoms with E-state index < -0.39 is 20.8 Å². The normalized spacial score (nSPS) is 19.0. The molecule has 2 fully saturated rings. The summed E-state index contributed by atoms with van der Waals surface area (Å²) in [5, 5.41) is 26.4. The second kappa shape index (κ2) is 10.2. The standard InChI is InChI=1S/C23H29N7O3S2/c24-35(32,33)22-20(34(31)18-9-13-26-14-10-18)6-5-19(21(22)23-27-29-30-28-23)17-3-1-15(2-4-17)16-7-11-25-12-8-16/h1-6,16,18,25-26H,7-14H2,(H2,24,32,33)(H,27,28,29,30). The number of aromatic nitrogens is 4. The Morgan fingerprint density at radius 1 is 0.914 bits per heavy atom. The van der Waals surface area contributed by atoms with Crippen molar-refractivity contribution in [2.45, 2.75) is 46.6 Å². The average Bonchev–Trinajstić information content (AvgIpc) is 3.43. The van der Waals surface area contributed by atoms with E-state index in [2.05, 4.69) is 43.4 Å². The van der Waals surface area contributed by atoms with Gasteiger partial charge in [0, 0.05) is 5.25 Å². The number of tetrazole rings is 1. The SMILES string of the molecule is NS(=O)(=O)c1c(S(=O)C2CCNCC2)ccc(-c2ccc(C3CCNCC3)cc2)c1-c1nn[nH]n1. The second-order valence-electron chi connectivity index (χ2n) is 8.99. The number of hydrogen-bond acceptors (Lipinski definition) is 8. The van der Waals surface area contributed by atoms with Crippen LogP contribution in [0, 0.1) is 0 Å². The molecule has 5 rings (SSSR count). The molecule has 186 valence electrons. The number of nitrogens with zero attached hydrogens (tertiary/aromatic N) is 3. The molecular weight excluding hydrogens is 486 g/mol. The lowest BCUT2D eigenvalue weighted by molar-refractivity contribution is 0.460. The second-order valence-corrected chi connectivity index (χ2v) is 12.2. The molecule has 12 heteroatoms. The van der Waals surface area contributed by atoms with Crippen LogP contribution in [0.2, 0.25) is 0 Å². The molecular formula is C23H29N7O3S2. The van der Waals surface area contributed by atoms with Gasteiger partial charge in [-0.15, -0.1) is 10.2 Å². The zero-order valence-electron chi connectivity index (χ0n) is 19.2. The van der Waals surface area contributed by atoms with E-state index in [0.717, 1.165) is 44.6 Å². The van der Waals surface area contributed by atoms with E-state index in [1.54, 1.807) is 12.1 Å². The topological polar surface area (TPSA) is 156 Å². The van der Waals surface area contributed by atoms with E-state index in [0.29, 0.717) is 24.3 Å². The molecule has 0 saturated carbocycles. The van der Waals surface area contributed by atoms with Crippen LogP contribution in [0.25, 0.3) is 22.5 Å². The van der Waals surface area contributed by atoms with E-state index in [-0.39, 0.29) is 26.4 Å². The average molecular weight is 516 g/mol. The first-order valence-corrected chi connectivity index (χ1v) is 14.6. The van der Waals surface area contributed by atoms with Crippen molar-refractivity contribution in [1.29, 1.82) is 0 Å². The van der Waals surface area contributed by atoms with Crippen LogP contribution < -0.4 is 15.8 Å². The smallest absolute Gasteiger partial charge is 0.240 e. The number of hydrogen-bond donors (Lipinski definition) is 4. The highest BCUT2D eigenvalue weighted by Gasteiger charge is 2.32. The molecule has 1 atom stereocenters. The summed E-state index contributed by atoms with van der Waals surface area (Å²) in [6.45, 7) is 3.48. The van der Waals surface area contributed by atoms with Crippen LogP contribution in [0.1, 0.15) is 37.2 Å². The quantitative estimate of drug-likeness (QED) is 0.385. The maximum Gasteiger partial charge on any atom is 0.240 e. The van der Waals surface area contributed by atoms with Crippen LogP contribution in [0.4, 0.5) is 0 Å². The number of H-pyrrole nitrogens is 1. The minimum Gasteiger partial charge on any atom is -0.317 e. The lowest BCUT2D eigenvalue weighted by Gasteiger charge is -2.24. The first kappa shape index (κ1) is 24.2. The summed E-state index contributed by atoms with van der Waals surface area (Å²) >= 11 is 0. The van der Waals surface area contributed by atoms with Crippen molar-refractivity contribution in [2.24, 2.45) is 5.14 Å². The Bertz CT molecular complexity index is 1300. The number of sulfonamides is 1. The van der Waals surface area contributed by atoms with Crippen molar-refractivity contribution < 1.29 is 12.6 Å². The van der Waals surface area contributed by atoms with Crippen LogP contribution in [-0.2, 0) is 20.8 Å². The molecule has 0 spiro atoms. The molecule has 1 aromatic heterocycles. The van der Waals surface area contributed by atoms with Gasteiger partial charge >= 0.3 is 0 Å². The Labute approximate surface area is 207 Å². The molecule has 0 radical (unpaired) electrons. The maximum atomic E-state index is 13.6. The monoisotopic (exact) mass is 515 g/mol. The summed E-state index contributed by atoms with van der Waals surface area (Å²) in [6, 6.07) is 11.5. The van der Waals surface area contributed by atoms with Gasteiger partial charge in [-0.3, -0.25) is 4.21 Å². The van der Waals surface area contributed by atoms with Gasteiger partial charge < -0.3 is 10.6 Å². The fraction of sp³-hybridized carbons (Fsp3) is 0.435. The molecule has 1 unspecified atom stereocenters. The summed E-state index contributed by atoms with van der Waals surface area (Å²) in [4.78, 5) is -0.00928. The van der Waals surface area contributed by atoms with Crippen LogP contribution >= 0.6 is 0 Å². The predicted octanol–water partition coefficient (Wildman–Crippen LogP) is 1.51. The lowest BCUT2D eigenvalue weighted by atomic mass is 9.89. The molecule has 3 aromatic rings. The van der Waals surface area contributed by atoms with Gasteiger partial charge in [0.2, 0.25) is 15.8 Å². The Hall–Kier alpha value is -2.51. The highest BCUT2D eigenvalue weighted by Crippen LogP contribution is 2.40. The molecule has 5 N–H and O–H groups in total. The first-order valence-electron chi connectivity index (χ1n) is 11.8. The van der Waals surface area contributed by atoms with Gasteiger partial charge in [-0.1, -0.05) is 30.3 Å². The van der Waals surface area contributed by atoms with Crippen LogP contribution in [0.5, 0.6) is 0 Å². The van der Waals surface area contributed by atoms with Gasteiger partial charge in [0.1, 0.15) is 4.90 Å². The number of nitrogens with two attached hydrogens (primary N) is 1. The summed E-state index contributed by atoms with van der Waals surface area (Å²) in [5.74, 6) is 0.590. The first-order chi connectivity index (χ1) is 16.9. The number of aromatic amines is 1. The number of benzene rings is 2. The van der Waals surface area contributed by atoms with Gasteiger partial charge in [0.25, 0.3) is 0 Å². The van der Waals surface area contributed by atoms with E-state index in [4.69, 9.17) is 5.14 Å². The van der Waals surface area contributed by atoms with Gasteiger partial charge in [-0.05, 0) is 85.8 Å². The van der Waals surface area contributed by atoms with Crippen molar-refractivity contribution in [3.63, 3.8) is 0 Å². The third-order valence-corrected chi connectivity index (χ3v) is 9.79. The minimum absolute atomic E-state index is 0.0932. The number of piperidine rings is 2. The van der Waals surface area contributed by atoms with Crippen molar-refractivity contribution >= 4 is 20.8 Å².